The fourth-order valence-corrected chi connectivity index (χ4v) is 8.51. The molecule has 17 heteroatoms. The normalized spacial score (nSPS) is 14.8. The van der Waals surface area contributed by atoms with Crippen LogP contribution in [-0.4, -0.2) is 78.1 Å². The first-order valence-corrected chi connectivity index (χ1v) is 26.2. The Hall–Kier alpha value is -5.34. The molecule has 1 atom stereocenters. The van der Waals surface area contributed by atoms with E-state index in [1.54, 1.807) is 36.5 Å². The SMILES string of the molecule is CSc1nccc(COc2ccc(C(C)(C)c3cc(Cl)c(OCCC(F)(F)CCOc4ccc5c(=O)n(C6CCC(=O)N(COCC[Si](C)(C)C)C6=O)ccc5c4)c(C#N)c3)cc2)n1. The molecule has 2 amide bonds. The van der Waals surface area contributed by atoms with Gasteiger partial charge in [0.15, 0.2) is 10.9 Å². The van der Waals surface area contributed by atoms with Gasteiger partial charge in [0, 0.05) is 57.1 Å². The number of alkyl halides is 2. The number of amides is 2. The number of nitrogens with zero attached hydrogens (tertiary/aromatic N) is 5. The van der Waals surface area contributed by atoms with Crippen LogP contribution in [0.5, 0.6) is 17.2 Å². The number of hydrogen-bond acceptors (Lipinski definition) is 11. The van der Waals surface area contributed by atoms with Crippen molar-refractivity contribution in [2.75, 3.05) is 32.8 Å². The number of carbonyl (C=O) groups is 2. The van der Waals surface area contributed by atoms with E-state index in [0.29, 0.717) is 34.0 Å². The number of thioether (sulfide) groups is 1. The maximum Gasteiger partial charge on any atom is 0.259 e. The summed E-state index contributed by atoms with van der Waals surface area (Å²) in [4.78, 5) is 49.2. The van der Waals surface area contributed by atoms with Gasteiger partial charge in [-0.15, -0.1) is 0 Å². The zero-order valence-electron chi connectivity index (χ0n) is 36.8. The van der Waals surface area contributed by atoms with Crippen LogP contribution in [0.4, 0.5) is 8.78 Å². The molecule has 1 aliphatic rings. The highest BCUT2D eigenvalue weighted by molar-refractivity contribution is 7.98. The predicted molar refractivity (Wildman–Crippen MR) is 245 cm³/mol. The molecular weight excluding hydrogens is 880 g/mol. The molecule has 0 bridgehead atoms. The number of imide groups is 1. The van der Waals surface area contributed by atoms with Crippen molar-refractivity contribution in [3.05, 3.63) is 117 Å². The van der Waals surface area contributed by atoms with Crippen LogP contribution in [0.1, 0.15) is 68.0 Å². The summed E-state index contributed by atoms with van der Waals surface area (Å²) in [5.41, 5.74) is 1.55. The molecule has 12 nitrogen and oxygen atoms in total. The first-order valence-electron chi connectivity index (χ1n) is 20.9. The van der Waals surface area contributed by atoms with Crippen molar-refractivity contribution in [2.24, 2.45) is 0 Å². The van der Waals surface area contributed by atoms with Gasteiger partial charge < -0.3 is 23.5 Å². The molecule has 0 N–H and O–H groups in total. The monoisotopic (exact) mass is 931 g/mol. The quantitative estimate of drug-likeness (QED) is 0.0242. The summed E-state index contributed by atoms with van der Waals surface area (Å²) in [5, 5.41) is 11.6. The van der Waals surface area contributed by atoms with Gasteiger partial charge in [-0.1, -0.05) is 69.0 Å². The molecule has 3 aromatic carbocycles. The molecule has 0 saturated carbocycles. The number of likely N-dealkylation sites (tertiary alicyclic amines) is 1. The lowest BCUT2D eigenvalue weighted by Gasteiger charge is -2.31. The van der Waals surface area contributed by atoms with Gasteiger partial charge in [-0.05, 0) is 89.8 Å². The zero-order chi connectivity index (χ0) is 46.2. The number of fused-ring (bicyclic) bond motifs is 1. The zero-order valence-corrected chi connectivity index (χ0v) is 39.4. The van der Waals surface area contributed by atoms with Crippen LogP contribution in [0.2, 0.25) is 30.7 Å². The van der Waals surface area contributed by atoms with Crippen LogP contribution in [0.3, 0.4) is 0 Å². The van der Waals surface area contributed by atoms with Crippen LogP contribution < -0.4 is 19.8 Å². The first kappa shape index (κ1) is 48.1. The van der Waals surface area contributed by atoms with Crippen LogP contribution in [0.25, 0.3) is 10.8 Å². The molecule has 5 aromatic rings. The molecule has 1 saturated heterocycles. The Balaban J connectivity index is 1.01. The molecule has 1 fully saturated rings. The van der Waals surface area contributed by atoms with Crippen LogP contribution in [0, 0.1) is 11.3 Å². The molecular formula is C47H52ClF2N5O7SSi. The first-order chi connectivity index (χ1) is 30.4. The van der Waals surface area contributed by atoms with E-state index in [-0.39, 0.29) is 55.0 Å². The Kier molecular flexibility index (Phi) is 15.5. The summed E-state index contributed by atoms with van der Waals surface area (Å²) in [5.74, 6) is -3.02. The highest BCUT2D eigenvalue weighted by atomic mass is 35.5. The number of nitriles is 1. The van der Waals surface area contributed by atoms with Crippen molar-refractivity contribution >= 4 is 54.0 Å². The Morgan fingerprint density at radius 2 is 1.64 bits per heavy atom. The van der Waals surface area contributed by atoms with Crippen LogP contribution in [0.15, 0.2) is 89.1 Å². The molecule has 1 aliphatic heterocycles. The van der Waals surface area contributed by atoms with Gasteiger partial charge in [-0.25, -0.2) is 18.7 Å². The second kappa shape index (κ2) is 20.7. The molecule has 0 radical (unpaired) electrons. The maximum atomic E-state index is 15.1. The molecule has 1 unspecified atom stereocenters. The molecule has 2 aromatic heterocycles. The van der Waals surface area contributed by atoms with Crippen molar-refractivity contribution in [2.45, 2.75) is 94.4 Å². The number of hydrogen-bond donors (Lipinski definition) is 0. The van der Waals surface area contributed by atoms with Crippen molar-refractivity contribution in [1.29, 1.82) is 5.26 Å². The Bertz CT molecular complexity index is 2580. The van der Waals surface area contributed by atoms with Crippen molar-refractivity contribution < 1.29 is 37.3 Å². The average Bonchev–Trinajstić information content (AvgIpc) is 3.26. The number of benzene rings is 3. The minimum absolute atomic E-state index is 0.0321. The molecule has 338 valence electrons. The number of ether oxygens (including phenoxy) is 4. The number of rotatable bonds is 20. The highest BCUT2D eigenvalue weighted by Gasteiger charge is 2.36. The van der Waals surface area contributed by atoms with Gasteiger partial charge in [0.2, 0.25) is 5.91 Å². The van der Waals surface area contributed by atoms with Crippen molar-refractivity contribution in [3.8, 4) is 23.3 Å². The van der Waals surface area contributed by atoms with Crippen molar-refractivity contribution in [1.82, 2.24) is 19.4 Å². The number of aromatic nitrogens is 3. The number of carbonyl (C=O) groups excluding carboxylic acids is 2. The third-order valence-corrected chi connectivity index (χ3v) is 13.7. The Labute approximate surface area is 381 Å². The van der Waals surface area contributed by atoms with Gasteiger partial charge in [0.05, 0.1) is 29.5 Å². The van der Waals surface area contributed by atoms with Gasteiger partial charge >= 0.3 is 0 Å². The third kappa shape index (κ3) is 12.1. The average molecular weight is 933 g/mol. The van der Waals surface area contributed by atoms with E-state index in [0.717, 1.165) is 27.8 Å². The van der Waals surface area contributed by atoms with E-state index < -0.39 is 56.4 Å². The molecule has 64 heavy (non-hydrogen) atoms. The number of pyridine rings is 1. The fraction of sp³-hybridized carbons (Fsp3) is 0.404. The topological polar surface area (TPSA) is 146 Å². The molecule has 3 heterocycles. The lowest BCUT2D eigenvalue weighted by Crippen LogP contribution is -2.48. The minimum Gasteiger partial charge on any atom is -0.493 e. The van der Waals surface area contributed by atoms with Crippen LogP contribution >= 0.6 is 23.4 Å². The predicted octanol–water partition coefficient (Wildman–Crippen LogP) is 9.82. The Morgan fingerprint density at radius 3 is 2.34 bits per heavy atom. The minimum atomic E-state index is -3.17. The standard InChI is InChI=1S/C47H52ClF2N5O7SSi/c1-46(2,33-7-9-36(10-8-33)62-29-35-15-19-52-45(53-35)63-3)34-25-32(28-51)42(39(48)27-34)61-22-18-47(49,50)17-21-60-37-11-12-38-31(26-37)16-20-54(43(38)57)40-13-14-41(56)55(44(40)58)30-59-23-24-64(4,5)6/h7-12,15-16,19-20,25-27,40H,13-14,17-18,21-24,29-30H2,1-6H3. The summed E-state index contributed by atoms with van der Waals surface area (Å²) in [7, 11) is -1.36. The van der Waals surface area contributed by atoms with E-state index in [1.807, 2.05) is 44.4 Å². The number of piperidine rings is 1. The fourth-order valence-electron chi connectivity index (χ4n) is 7.10. The van der Waals surface area contributed by atoms with E-state index in [4.69, 9.17) is 30.5 Å². The van der Waals surface area contributed by atoms with Crippen molar-refractivity contribution in [3.63, 3.8) is 0 Å². The smallest absolute Gasteiger partial charge is 0.259 e. The largest absolute Gasteiger partial charge is 0.493 e. The summed E-state index contributed by atoms with van der Waals surface area (Å²) >= 11 is 8.09. The van der Waals surface area contributed by atoms with Gasteiger partial charge in [-0.2, -0.15) is 5.26 Å². The summed E-state index contributed by atoms with van der Waals surface area (Å²) in [6, 6.07) is 21.1. The van der Waals surface area contributed by atoms with E-state index in [9.17, 15) is 19.6 Å². The second-order valence-electron chi connectivity index (χ2n) is 17.3. The van der Waals surface area contributed by atoms with E-state index in [2.05, 4.69) is 35.7 Å². The molecule has 0 aliphatic carbocycles. The van der Waals surface area contributed by atoms with E-state index >= 15 is 8.78 Å². The molecule has 0 spiro atoms. The Morgan fingerprint density at radius 1 is 0.922 bits per heavy atom. The summed E-state index contributed by atoms with van der Waals surface area (Å²) in [6.45, 7) is 10.5. The highest BCUT2D eigenvalue weighted by Crippen LogP contribution is 2.39. The van der Waals surface area contributed by atoms with Gasteiger partial charge in [0.1, 0.15) is 36.9 Å². The molecule has 6 rings (SSSR count). The lowest BCUT2D eigenvalue weighted by molar-refractivity contribution is -0.157. The lowest BCUT2D eigenvalue weighted by atomic mass is 9.77. The van der Waals surface area contributed by atoms with Gasteiger partial charge in [0.25, 0.3) is 17.4 Å². The summed E-state index contributed by atoms with van der Waals surface area (Å²) < 4.78 is 54.5. The second-order valence-corrected chi connectivity index (χ2v) is 24.1. The van der Waals surface area contributed by atoms with Gasteiger partial charge in [-0.3, -0.25) is 19.3 Å². The van der Waals surface area contributed by atoms with Crippen LogP contribution in [-0.2, 0) is 26.3 Å². The van der Waals surface area contributed by atoms with E-state index in [1.165, 1.54) is 34.7 Å². The third-order valence-electron chi connectivity index (χ3n) is 11.1. The summed E-state index contributed by atoms with van der Waals surface area (Å²) in [6.07, 6.45) is 4.12. The number of halogens is 3. The maximum absolute atomic E-state index is 15.1.